The van der Waals surface area contributed by atoms with Crippen LogP contribution in [0, 0.1) is 18.3 Å². The highest BCUT2D eigenvalue weighted by Crippen LogP contribution is 2.36. The minimum atomic E-state index is -4.80. The van der Waals surface area contributed by atoms with Gasteiger partial charge < -0.3 is 0 Å². The number of halogens is 4. The number of benzene rings is 1. The lowest BCUT2D eigenvalue weighted by Gasteiger charge is -2.13. The van der Waals surface area contributed by atoms with Crippen molar-refractivity contribution < 1.29 is 21.6 Å². The molecule has 0 bridgehead atoms. The van der Waals surface area contributed by atoms with E-state index in [-0.39, 0.29) is 11.4 Å². The van der Waals surface area contributed by atoms with Gasteiger partial charge in [-0.05, 0) is 36.8 Å². The SMILES string of the molecule is Cc1cnc(C#N)c(NS(=O)(=O)c2ccc(Cl)c(C(F)(F)F)c2)c1. The maximum absolute atomic E-state index is 12.9. The van der Waals surface area contributed by atoms with Crippen molar-refractivity contribution in [3.63, 3.8) is 0 Å². The van der Waals surface area contributed by atoms with Crippen LogP contribution in [0.15, 0.2) is 35.4 Å². The summed E-state index contributed by atoms with van der Waals surface area (Å²) >= 11 is 5.47. The molecule has 0 spiro atoms. The van der Waals surface area contributed by atoms with Crippen molar-refractivity contribution in [3.05, 3.63) is 52.3 Å². The normalized spacial score (nSPS) is 11.8. The van der Waals surface area contributed by atoms with E-state index in [1.807, 2.05) is 0 Å². The van der Waals surface area contributed by atoms with Gasteiger partial charge in [-0.15, -0.1) is 0 Å². The number of anilines is 1. The summed E-state index contributed by atoms with van der Waals surface area (Å²) in [6, 6.07) is 5.27. The summed E-state index contributed by atoms with van der Waals surface area (Å²) in [6.45, 7) is 1.62. The van der Waals surface area contributed by atoms with E-state index in [0.717, 1.165) is 12.1 Å². The number of hydrogen-bond donors (Lipinski definition) is 1. The van der Waals surface area contributed by atoms with Crippen LogP contribution in [-0.2, 0) is 16.2 Å². The van der Waals surface area contributed by atoms with Crippen molar-refractivity contribution in [2.75, 3.05) is 4.72 Å². The molecule has 1 aromatic heterocycles. The Kier molecular flexibility index (Phi) is 4.73. The first kappa shape index (κ1) is 18.0. The van der Waals surface area contributed by atoms with Gasteiger partial charge in [0.2, 0.25) is 0 Å². The maximum Gasteiger partial charge on any atom is 0.417 e. The van der Waals surface area contributed by atoms with Gasteiger partial charge in [0.05, 0.1) is 21.2 Å². The number of nitrogens with zero attached hydrogens (tertiary/aromatic N) is 2. The Morgan fingerprint density at radius 1 is 1.29 bits per heavy atom. The Bertz CT molecular complexity index is 937. The minimum absolute atomic E-state index is 0.124. The third-order valence-corrected chi connectivity index (χ3v) is 4.62. The molecule has 0 aliphatic heterocycles. The molecule has 0 atom stereocenters. The number of nitriles is 1. The first-order chi connectivity index (χ1) is 11.0. The Hall–Kier alpha value is -2.31. The zero-order valence-electron chi connectivity index (χ0n) is 12.0. The van der Waals surface area contributed by atoms with E-state index in [1.165, 1.54) is 12.3 Å². The highest BCUT2D eigenvalue weighted by molar-refractivity contribution is 7.92. The molecule has 10 heteroatoms. The molecule has 0 amide bonds. The van der Waals surface area contributed by atoms with Gasteiger partial charge >= 0.3 is 6.18 Å². The van der Waals surface area contributed by atoms with E-state index in [1.54, 1.807) is 13.0 Å². The second-order valence-corrected chi connectivity index (χ2v) is 6.86. The monoisotopic (exact) mass is 375 g/mol. The standard InChI is InChI=1S/C14H9ClF3N3O2S/c1-8-4-12(13(6-19)20-7-8)21-24(22,23)9-2-3-11(15)10(5-9)14(16,17)18/h2-5,7,21H,1H3. The Balaban J connectivity index is 2.50. The van der Waals surface area contributed by atoms with Crippen molar-refractivity contribution in [1.29, 1.82) is 5.26 Å². The zero-order chi connectivity index (χ0) is 18.1. The molecule has 1 heterocycles. The molecule has 0 fully saturated rings. The molecule has 2 aromatic rings. The molecule has 126 valence electrons. The van der Waals surface area contributed by atoms with Crippen molar-refractivity contribution >= 4 is 27.3 Å². The number of pyridine rings is 1. The summed E-state index contributed by atoms with van der Waals surface area (Å²) in [5, 5.41) is 8.34. The summed E-state index contributed by atoms with van der Waals surface area (Å²) < 4.78 is 65.3. The molecule has 0 aliphatic rings. The third kappa shape index (κ3) is 3.77. The van der Waals surface area contributed by atoms with E-state index in [0.29, 0.717) is 11.6 Å². The summed E-state index contributed by atoms with van der Waals surface area (Å²) in [6.07, 6.45) is -3.44. The molecule has 0 radical (unpaired) electrons. The van der Waals surface area contributed by atoms with Crippen molar-refractivity contribution in [2.45, 2.75) is 18.0 Å². The number of rotatable bonds is 3. The number of aromatic nitrogens is 1. The first-order valence-electron chi connectivity index (χ1n) is 6.31. The van der Waals surface area contributed by atoms with Crippen LogP contribution >= 0.6 is 11.6 Å². The number of alkyl halides is 3. The van der Waals surface area contributed by atoms with Gasteiger partial charge in [-0.1, -0.05) is 11.6 Å². The number of nitrogens with one attached hydrogen (secondary N) is 1. The van der Waals surface area contributed by atoms with Gasteiger partial charge in [-0.25, -0.2) is 13.4 Å². The predicted molar refractivity (Wildman–Crippen MR) is 81.0 cm³/mol. The Labute approximate surface area is 140 Å². The van der Waals surface area contributed by atoms with E-state index in [4.69, 9.17) is 16.9 Å². The van der Waals surface area contributed by atoms with Crippen LogP contribution in [0.1, 0.15) is 16.8 Å². The van der Waals surface area contributed by atoms with Gasteiger partial charge in [-0.3, -0.25) is 4.72 Å². The topological polar surface area (TPSA) is 82.8 Å². The summed E-state index contributed by atoms with van der Waals surface area (Å²) in [7, 11) is -4.36. The second-order valence-electron chi connectivity index (χ2n) is 4.77. The molecule has 0 aliphatic carbocycles. The lowest BCUT2D eigenvalue weighted by atomic mass is 10.2. The van der Waals surface area contributed by atoms with Crippen LogP contribution < -0.4 is 4.72 Å². The number of sulfonamides is 1. The molecular formula is C14H9ClF3N3O2S. The van der Waals surface area contributed by atoms with E-state index in [9.17, 15) is 21.6 Å². The molecule has 5 nitrogen and oxygen atoms in total. The highest BCUT2D eigenvalue weighted by atomic mass is 35.5. The smallest absolute Gasteiger partial charge is 0.277 e. The zero-order valence-corrected chi connectivity index (χ0v) is 13.6. The molecular weight excluding hydrogens is 367 g/mol. The van der Waals surface area contributed by atoms with Crippen LogP contribution in [0.4, 0.5) is 18.9 Å². The summed E-state index contributed by atoms with van der Waals surface area (Å²) in [4.78, 5) is 3.12. The van der Waals surface area contributed by atoms with Gasteiger partial charge in [-0.2, -0.15) is 18.4 Å². The molecule has 0 saturated carbocycles. The fourth-order valence-electron chi connectivity index (χ4n) is 1.83. The molecule has 2 rings (SSSR count). The van der Waals surface area contributed by atoms with Crippen LogP contribution in [0.3, 0.4) is 0 Å². The van der Waals surface area contributed by atoms with Crippen molar-refractivity contribution in [2.24, 2.45) is 0 Å². The van der Waals surface area contributed by atoms with Crippen LogP contribution in [0.2, 0.25) is 5.02 Å². The molecule has 24 heavy (non-hydrogen) atoms. The molecule has 1 aromatic carbocycles. The largest absolute Gasteiger partial charge is 0.417 e. The van der Waals surface area contributed by atoms with Crippen LogP contribution in [0.5, 0.6) is 0 Å². The average Bonchev–Trinajstić information content (AvgIpc) is 2.46. The van der Waals surface area contributed by atoms with Gasteiger partial charge in [0.1, 0.15) is 6.07 Å². The second kappa shape index (κ2) is 6.30. The van der Waals surface area contributed by atoms with Gasteiger partial charge in [0.15, 0.2) is 5.69 Å². The highest BCUT2D eigenvalue weighted by Gasteiger charge is 2.34. The minimum Gasteiger partial charge on any atom is -0.277 e. The molecule has 0 unspecified atom stereocenters. The molecule has 1 N–H and O–H groups in total. The van der Waals surface area contributed by atoms with Gasteiger partial charge in [0.25, 0.3) is 10.0 Å². The lowest BCUT2D eigenvalue weighted by Crippen LogP contribution is -2.16. The molecule has 0 saturated heterocycles. The van der Waals surface area contributed by atoms with E-state index < -0.39 is 31.7 Å². The van der Waals surface area contributed by atoms with Crippen LogP contribution in [-0.4, -0.2) is 13.4 Å². The first-order valence-corrected chi connectivity index (χ1v) is 8.17. The number of hydrogen-bond acceptors (Lipinski definition) is 4. The average molecular weight is 376 g/mol. The van der Waals surface area contributed by atoms with E-state index in [2.05, 4.69) is 9.71 Å². The van der Waals surface area contributed by atoms with Crippen LogP contribution in [0.25, 0.3) is 0 Å². The maximum atomic E-state index is 12.9. The predicted octanol–water partition coefficient (Wildman–Crippen LogP) is 3.73. The number of aryl methyl sites for hydroxylation is 1. The third-order valence-electron chi connectivity index (χ3n) is 2.93. The van der Waals surface area contributed by atoms with E-state index >= 15 is 0 Å². The fraction of sp³-hybridized carbons (Fsp3) is 0.143. The lowest BCUT2D eigenvalue weighted by molar-refractivity contribution is -0.137. The summed E-state index contributed by atoms with van der Waals surface area (Å²) in [5.41, 5.74) is -1.02. The Morgan fingerprint density at radius 3 is 2.54 bits per heavy atom. The quantitative estimate of drug-likeness (QED) is 0.886. The van der Waals surface area contributed by atoms with Gasteiger partial charge in [0, 0.05) is 6.20 Å². The van der Waals surface area contributed by atoms with Crippen molar-refractivity contribution in [3.8, 4) is 6.07 Å². The summed E-state index contributed by atoms with van der Waals surface area (Å²) in [5.74, 6) is 0. The fourth-order valence-corrected chi connectivity index (χ4v) is 3.14. The van der Waals surface area contributed by atoms with Crippen molar-refractivity contribution in [1.82, 2.24) is 4.98 Å². The Morgan fingerprint density at radius 2 is 1.96 bits per heavy atom.